The number of hydrogen-bond acceptors (Lipinski definition) is 5. The van der Waals surface area contributed by atoms with Gasteiger partial charge in [0.25, 0.3) is 5.62 Å². The van der Waals surface area contributed by atoms with Gasteiger partial charge in [0.1, 0.15) is 0 Å². The molecule has 0 bridgehead atoms. The van der Waals surface area contributed by atoms with Gasteiger partial charge in [-0.2, -0.15) is 0 Å². The van der Waals surface area contributed by atoms with Gasteiger partial charge >= 0.3 is 0 Å². The standard InChI is InChI=1S/C5H4N3OS/c9-4-10-8-5-6-2-1-3-7-5/h1-3H,(H,6,7,8). The van der Waals surface area contributed by atoms with Gasteiger partial charge in [-0.25, -0.2) is 9.97 Å². The highest BCUT2D eigenvalue weighted by Crippen LogP contribution is 2.00. The van der Waals surface area contributed by atoms with Crippen molar-refractivity contribution < 1.29 is 4.79 Å². The lowest BCUT2D eigenvalue weighted by Gasteiger charge is -1.93. The van der Waals surface area contributed by atoms with E-state index < -0.39 is 0 Å². The van der Waals surface area contributed by atoms with Crippen LogP contribution in [0.4, 0.5) is 5.95 Å². The van der Waals surface area contributed by atoms with Crippen LogP contribution in [-0.4, -0.2) is 15.6 Å². The lowest BCUT2D eigenvalue weighted by atomic mass is 10.7. The third-order valence-corrected chi connectivity index (χ3v) is 1.12. The molecule has 1 N–H and O–H groups in total. The Kier molecular flexibility index (Phi) is 2.69. The van der Waals surface area contributed by atoms with E-state index in [9.17, 15) is 4.79 Å². The fourth-order valence-corrected chi connectivity index (χ4v) is 0.657. The summed E-state index contributed by atoms with van der Waals surface area (Å²) >= 11 is 0.781. The molecule has 0 aliphatic rings. The van der Waals surface area contributed by atoms with Crippen LogP contribution in [0.5, 0.6) is 0 Å². The van der Waals surface area contributed by atoms with Crippen LogP contribution < -0.4 is 4.72 Å². The zero-order chi connectivity index (χ0) is 7.23. The molecule has 1 heterocycles. The Balaban J connectivity index is 2.50. The third-order valence-electron chi connectivity index (χ3n) is 0.750. The fraction of sp³-hybridized carbons (Fsp3) is 0. The van der Waals surface area contributed by atoms with E-state index in [1.54, 1.807) is 24.1 Å². The first-order valence-corrected chi connectivity index (χ1v) is 3.31. The molecular weight excluding hydrogens is 150 g/mol. The van der Waals surface area contributed by atoms with Gasteiger partial charge in [-0.1, -0.05) is 0 Å². The number of aromatic nitrogens is 2. The first-order chi connectivity index (χ1) is 4.93. The molecular formula is C5H4N3OS. The summed E-state index contributed by atoms with van der Waals surface area (Å²) in [5, 5.41) is 0. The minimum atomic E-state index is 0.413. The third kappa shape index (κ3) is 2.02. The second kappa shape index (κ2) is 3.84. The van der Waals surface area contributed by atoms with Crippen molar-refractivity contribution in [2.75, 3.05) is 4.72 Å². The Bertz CT molecular complexity index is 203. The lowest BCUT2D eigenvalue weighted by molar-refractivity contribution is 0.570. The molecule has 10 heavy (non-hydrogen) atoms. The highest BCUT2D eigenvalue weighted by atomic mass is 32.2. The summed E-state index contributed by atoms with van der Waals surface area (Å²) in [7, 11) is 0. The average Bonchev–Trinajstić information content (AvgIpc) is 2.03. The predicted octanol–water partition coefficient (Wildman–Crippen LogP) is 0.604. The zero-order valence-corrected chi connectivity index (χ0v) is 5.76. The monoisotopic (exact) mass is 154 g/mol. The maximum Gasteiger partial charge on any atom is 0.288 e. The SMILES string of the molecule is O=[C]SNc1ncccn1. The number of anilines is 1. The van der Waals surface area contributed by atoms with Gasteiger partial charge in [-0.05, 0) is 6.07 Å². The van der Waals surface area contributed by atoms with Crippen molar-refractivity contribution in [2.24, 2.45) is 0 Å². The van der Waals surface area contributed by atoms with Gasteiger partial charge in [0.15, 0.2) is 0 Å². The second-order valence-corrected chi connectivity index (χ2v) is 1.93. The van der Waals surface area contributed by atoms with Crippen molar-refractivity contribution in [3.05, 3.63) is 18.5 Å². The van der Waals surface area contributed by atoms with Crippen LogP contribution in [0, 0.1) is 0 Å². The van der Waals surface area contributed by atoms with Crippen LogP contribution in [0.25, 0.3) is 0 Å². The first kappa shape index (κ1) is 7.01. The molecule has 0 spiro atoms. The van der Waals surface area contributed by atoms with Crippen molar-refractivity contribution in [1.82, 2.24) is 9.97 Å². The minimum Gasteiger partial charge on any atom is -0.291 e. The Morgan fingerprint density at radius 1 is 1.50 bits per heavy atom. The van der Waals surface area contributed by atoms with E-state index >= 15 is 0 Å². The molecule has 0 unspecified atom stereocenters. The van der Waals surface area contributed by atoms with Crippen LogP contribution in [-0.2, 0) is 4.79 Å². The van der Waals surface area contributed by atoms with Crippen molar-refractivity contribution in [3.63, 3.8) is 0 Å². The molecule has 0 aliphatic heterocycles. The molecule has 0 aromatic carbocycles. The smallest absolute Gasteiger partial charge is 0.288 e. The number of carbonyl (C=O) groups excluding carboxylic acids is 1. The molecule has 0 amide bonds. The molecule has 0 saturated carbocycles. The van der Waals surface area contributed by atoms with E-state index in [1.807, 2.05) is 0 Å². The predicted molar refractivity (Wildman–Crippen MR) is 38.9 cm³/mol. The van der Waals surface area contributed by atoms with Crippen LogP contribution in [0.2, 0.25) is 0 Å². The molecule has 1 aromatic rings. The number of nitrogens with zero attached hydrogens (tertiary/aromatic N) is 2. The summed E-state index contributed by atoms with van der Waals surface area (Å²) in [4.78, 5) is 17.3. The second-order valence-electron chi connectivity index (χ2n) is 1.36. The molecule has 0 saturated heterocycles. The van der Waals surface area contributed by atoms with E-state index in [0.29, 0.717) is 5.95 Å². The summed E-state index contributed by atoms with van der Waals surface area (Å²) in [6.45, 7) is 0. The van der Waals surface area contributed by atoms with Crippen molar-refractivity contribution >= 4 is 23.5 Å². The van der Waals surface area contributed by atoms with E-state index in [1.165, 1.54) is 0 Å². The molecule has 0 atom stereocenters. The Morgan fingerprint density at radius 2 is 2.20 bits per heavy atom. The summed E-state index contributed by atoms with van der Waals surface area (Å²) in [6, 6.07) is 1.69. The highest BCUT2D eigenvalue weighted by Gasteiger charge is 1.89. The van der Waals surface area contributed by atoms with E-state index in [-0.39, 0.29) is 0 Å². The number of hydrogen-bond donors (Lipinski definition) is 1. The molecule has 0 aliphatic carbocycles. The van der Waals surface area contributed by atoms with Gasteiger partial charge in [0.2, 0.25) is 5.95 Å². The van der Waals surface area contributed by atoms with Crippen LogP contribution >= 0.6 is 11.9 Å². The first-order valence-electron chi connectivity index (χ1n) is 2.49. The minimum absolute atomic E-state index is 0.413. The topological polar surface area (TPSA) is 54.9 Å². The fourth-order valence-electron chi connectivity index (χ4n) is 0.418. The molecule has 1 rings (SSSR count). The number of nitrogens with one attached hydrogen (secondary N) is 1. The van der Waals surface area contributed by atoms with Gasteiger partial charge in [-0.15, -0.1) is 0 Å². The molecule has 51 valence electrons. The lowest BCUT2D eigenvalue weighted by Crippen LogP contribution is -1.91. The van der Waals surface area contributed by atoms with Crippen molar-refractivity contribution in [1.29, 1.82) is 0 Å². The van der Waals surface area contributed by atoms with Crippen molar-refractivity contribution in [2.45, 2.75) is 0 Å². The largest absolute Gasteiger partial charge is 0.291 e. The van der Waals surface area contributed by atoms with E-state index in [0.717, 1.165) is 11.9 Å². The van der Waals surface area contributed by atoms with Crippen LogP contribution in [0.1, 0.15) is 0 Å². The molecule has 1 aromatic heterocycles. The normalized spacial score (nSPS) is 8.80. The van der Waals surface area contributed by atoms with E-state index in [2.05, 4.69) is 14.7 Å². The van der Waals surface area contributed by atoms with Gasteiger partial charge in [0.05, 0.1) is 0 Å². The highest BCUT2D eigenvalue weighted by molar-refractivity contribution is 8.12. The summed E-state index contributed by atoms with van der Waals surface area (Å²) < 4.78 is 2.57. The van der Waals surface area contributed by atoms with Gasteiger partial charge in [-0.3, -0.25) is 9.52 Å². The zero-order valence-electron chi connectivity index (χ0n) is 4.94. The Labute approximate surface area is 62.2 Å². The van der Waals surface area contributed by atoms with E-state index in [4.69, 9.17) is 0 Å². The average molecular weight is 154 g/mol. The summed E-state index contributed by atoms with van der Waals surface area (Å²) in [6.07, 6.45) is 3.17. The number of rotatable bonds is 3. The van der Waals surface area contributed by atoms with Gasteiger partial charge < -0.3 is 0 Å². The molecule has 4 nitrogen and oxygen atoms in total. The maximum atomic E-state index is 9.70. The summed E-state index contributed by atoms with van der Waals surface area (Å²) in [5.41, 5.74) is 1.59. The summed E-state index contributed by atoms with van der Waals surface area (Å²) in [5.74, 6) is 0.413. The maximum absolute atomic E-state index is 9.70. The van der Waals surface area contributed by atoms with Crippen molar-refractivity contribution in [3.8, 4) is 0 Å². The quantitative estimate of drug-likeness (QED) is 0.646. The Hall–Kier alpha value is -1.10. The molecule has 5 heteroatoms. The van der Waals surface area contributed by atoms with Crippen LogP contribution in [0.3, 0.4) is 0 Å². The molecule has 1 radical (unpaired) electrons. The van der Waals surface area contributed by atoms with Crippen LogP contribution in [0.15, 0.2) is 18.5 Å². The van der Waals surface area contributed by atoms with Gasteiger partial charge in [0, 0.05) is 24.3 Å². The Morgan fingerprint density at radius 3 is 2.80 bits per heavy atom. The molecule has 0 fully saturated rings.